The molecule has 0 aliphatic rings. The van der Waals surface area contributed by atoms with Crippen LogP contribution in [0.3, 0.4) is 0 Å². The summed E-state index contributed by atoms with van der Waals surface area (Å²) in [5.74, 6) is 0. The smallest absolute Gasteiger partial charge is 0.161 e. The molecule has 3 aromatic heterocycles. The number of benzene rings is 7. The first-order valence-electron chi connectivity index (χ1n) is 15.9. The fraction of sp³-hybridized carbons (Fsp3) is 0. The third kappa shape index (κ3) is 4.00. The lowest BCUT2D eigenvalue weighted by Crippen LogP contribution is -1.92. The van der Waals surface area contributed by atoms with Crippen LogP contribution in [-0.4, -0.2) is 4.57 Å². The zero-order valence-electron chi connectivity index (χ0n) is 25.4. The Kier molecular flexibility index (Phi) is 5.57. The average Bonchev–Trinajstić information content (AvgIpc) is 3.80. The van der Waals surface area contributed by atoms with Crippen LogP contribution in [-0.2, 0) is 0 Å². The first-order valence-corrected chi connectivity index (χ1v) is 15.9. The molecule has 0 aliphatic carbocycles. The van der Waals surface area contributed by atoms with E-state index in [1.807, 2.05) is 6.07 Å². The van der Waals surface area contributed by atoms with Crippen molar-refractivity contribution >= 4 is 54.9 Å². The minimum atomic E-state index is 0.875. The molecule has 0 amide bonds. The van der Waals surface area contributed by atoms with Crippen molar-refractivity contribution in [2.75, 3.05) is 0 Å². The lowest BCUT2D eigenvalue weighted by atomic mass is 9.93. The summed E-state index contributed by atoms with van der Waals surface area (Å²) in [6.45, 7) is 0. The van der Waals surface area contributed by atoms with Crippen molar-refractivity contribution in [2.24, 2.45) is 0 Å². The third-order valence-corrected chi connectivity index (χ3v) is 9.42. The van der Waals surface area contributed by atoms with Gasteiger partial charge in [-0.2, -0.15) is 0 Å². The number of hydrogen-bond acceptors (Lipinski definition) is 2. The Hall–Kier alpha value is -6.32. The van der Waals surface area contributed by atoms with Gasteiger partial charge in [-0.1, -0.05) is 103 Å². The standard InChI is InChI=1S/C44H27NO2/c1-3-11-28(12-4-1)29-19-22-35-36-23-20-30(26-41(36)46-40(35)25-29)33-15-7-8-16-34(33)31-21-24-38-42(27-31)47-44-37-17-9-10-18-39(37)45(43(38)44)32-13-5-2-6-14-32/h1-27H. The summed E-state index contributed by atoms with van der Waals surface area (Å²) in [4.78, 5) is 0. The minimum absolute atomic E-state index is 0.875. The van der Waals surface area contributed by atoms with Crippen LogP contribution in [0.1, 0.15) is 0 Å². The topological polar surface area (TPSA) is 31.2 Å². The van der Waals surface area contributed by atoms with Gasteiger partial charge in [-0.25, -0.2) is 0 Å². The fourth-order valence-electron chi connectivity index (χ4n) is 7.22. The molecular formula is C44H27NO2. The largest absolute Gasteiger partial charge is 0.456 e. The lowest BCUT2D eigenvalue weighted by Gasteiger charge is -2.11. The second-order valence-electron chi connectivity index (χ2n) is 12.1. The molecule has 47 heavy (non-hydrogen) atoms. The quantitative estimate of drug-likeness (QED) is 0.201. The molecule has 0 atom stereocenters. The first-order chi connectivity index (χ1) is 23.3. The van der Waals surface area contributed by atoms with Crippen molar-refractivity contribution in [1.82, 2.24) is 4.57 Å². The number of fused-ring (bicyclic) bond motifs is 8. The van der Waals surface area contributed by atoms with Crippen molar-refractivity contribution < 1.29 is 8.83 Å². The van der Waals surface area contributed by atoms with E-state index in [9.17, 15) is 0 Å². The number of rotatable bonds is 4. The van der Waals surface area contributed by atoms with E-state index < -0.39 is 0 Å². The lowest BCUT2D eigenvalue weighted by molar-refractivity contribution is 0.669. The molecule has 0 bridgehead atoms. The molecule has 10 rings (SSSR count). The highest BCUT2D eigenvalue weighted by Gasteiger charge is 2.20. The summed E-state index contributed by atoms with van der Waals surface area (Å²) in [6, 6.07) is 57.7. The fourth-order valence-corrected chi connectivity index (χ4v) is 7.22. The van der Waals surface area contributed by atoms with E-state index in [-0.39, 0.29) is 0 Å². The van der Waals surface area contributed by atoms with Crippen molar-refractivity contribution in [3.8, 4) is 39.1 Å². The van der Waals surface area contributed by atoms with Crippen molar-refractivity contribution in [1.29, 1.82) is 0 Å². The average molecular weight is 602 g/mol. The predicted molar refractivity (Wildman–Crippen MR) is 194 cm³/mol. The van der Waals surface area contributed by atoms with Gasteiger partial charge in [0.05, 0.1) is 5.52 Å². The Balaban J connectivity index is 1.10. The molecule has 0 saturated heterocycles. The van der Waals surface area contributed by atoms with Gasteiger partial charge >= 0.3 is 0 Å². The highest BCUT2D eigenvalue weighted by atomic mass is 16.3. The van der Waals surface area contributed by atoms with E-state index >= 15 is 0 Å². The Bertz CT molecular complexity index is 2780. The number of hydrogen-bond donors (Lipinski definition) is 0. The van der Waals surface area contributed by atoms with Gasteiger partial charge in [-0.3, -0.25) is 0 Å². The van der Waals surface area contributed by atoms with E-state index in [1.54, 1.807) is 0 Å². The van der Waals surface area contributed by atoms with Crippen LogP contribution in [0.25, 0.3) is 94.0 Å². The Labute approximate surface area is 270 Å². The summed E-state index contributed by atoms with van der Waals surface area (Å²) >= 11 is 0. The molecule has 10 aromatic rings. The minimum Gasteiger partial charge on any atom is -0.456 e. The molecule has 3 nitrogen and oxygen atoms in total. The van der Waals surface area contributed by atoms with E-state index in [0.29, 0.717) is 0 Å². The molecule has 0 unspecified atom stereocenters. The van der Waals surface area contributed by atoms with Gasteiger partial charge in [0.1, 0.15) is 22.3 Å². The molecule has 0 N–H and O–H groups in total. The van der Waals surface area contributed by atoms with Crippen molar-refractivity contribution in [3.63, 3.8) is 0 Å². The van der Waals surface area contributed by atoms with Gasteiger partial charge in [0, 0.05) is 27.2 Å². The van der Waals surface area contributed by atoms with Crippen molar-refractivity contribution in [3.05, 3.63) is 164 Å². The zero-order valence-corrected chi connectivity index (χ0v) is 25.4. The molecular weight excluding hydrogens is 574 g/mol. The van der Waals surface area contributed by atoms with Gasteiger partial charge < -0.3 is 13.4 Å². The number of nitrogens with zero attached hydrogens (tertiary/aromatic N) is 1. The normalized spacial score (nSPS) is 11.8. The van der Waals surface area contributed by atoms with Gasteiger partial charge in [-0.15, -0.1) is 0 Å². The number of para-hydroxylation sites is 2. The van der Waals surface area contributed by atoms with Crippen LogP contribution in [0.5, 0.6) is 0 Å². The Morgan fingerprint density at radius 3 is 1.60 bits per heavy atom. The highest BCUT2D eigenvalue weighted by molar-refractivity contribution is 6.17. The van der Waals surface area contributed by atoms with Gasteiger partial charge in [0.15, 0.2) is 5.58 Å². The Morgan fingerprint density at radius 1 is 0.362 bits per heavy atom. The number of aromatic nitrogens is 1. The monoisotopic (exact) mass is 601 g/mol. The summed E-state index contributed by atoms with van der Waals surface area (Å²) < 4.78 is 15.5. The van der Waals surface area contributed by atoms with Crippen LogP contribution in [0.2, 0.25) is 0 Å². The maximum Gasteiger partial charge on any atom is 0.161 e. The van der Waals surface area contributed by atoms with E-state index in [1.165, 1.54) is 5.56 Å². The molecule has 220 valence electrons. The van der Waals surface area contributed by atoms with Crippen LogP contribution >= 0.6 is 0 Å². The summed E-state index contributed by atoms with van der Waals surface area (Å²) in [7, 11) is 0. The second kappa shape index (κ2) is 10.1. The summed E-state index contributed by atoms with van der Waals surface area (Å²) in [5.41, 5.74) is 13.8. The molecule has 0 aliphatic heterocycles. The highest BCUT2D eigenvalue weighted by Crippen LogP contribution is 2.42. The molecule has 7 aromatic carbocycles. The molecule has 3 heteroatoms. The van der Waals surface area contributed by atoms with Crippen molar-refractivity contribution in [2.45, 2.75) is 0 Å². The van der Waals surface area contributed by atoms with E-state index in [0.717, 1.165) is 88.4 Å². The first kappa shape index (κ1) is 26.0. The van der Waals surface area contributed by atoms with E-state index in [2.05, 4.69) is 162 Å². The molecule has 3 heterocycles. The van der Waals surface area contributed by atoms with Gasteiger partial charge in [0.2, 0.25) is 0 Å². The third-order valence-electron chi connectivity index (χ3n) is 9.42. The molecule has 0 fully saturated rings. The van der Waals surface area contributed by atoms with Crippen LogP contribution in [0.15, 0.2) is 173 Å². The predicted octanol–water partition coefficient (Wildman–Crippen LogP) is 12.4. The maximum atomic E-state index is 6.67. The summed E-state index contributed by atoms with van der Waals surface area (Å²) in [6.07, 6.45) is 0. The maximum absolute atomic E-state index is 6.67. The molecule has 0 spiro atoms. The number of furan rings is 2. The zero-order chi connectivity index (χ0) is 30.9. The molecule has 0 radical (unpaired) electrons. The Morgan fingerprint density at radius 2 is 0.894 bits per heavy atom. The summed E-state index contributed by atoms with van der Waals surface area (Å²) in [5, 5.41) is 4.46. The van der Waals surface area contributed by atoms with E-state index in [4.69, 9.17) is 8.83 Å². The SMILES string of the molecule is c1ccc(-c2ccc3c(c2)oc2cc(-c4ccccc4-c4ccc5c(c4)oc4c6ccccc6n(-c6ccccc6)c54)ccc23)cc1. The second-order valence-corrected chi connectivity index (χ2v) is 12.1. The van der Waals surface area contributed by atoms with Crippen LogP contribution in [0.4, 0.5) is 0 Å². The van der Waals surface area contributed by atoms with Crippen LogP contribution < -0.4 is 0 Å². The van der Waals surface area contributed by atoms with Crippen LogP contribution in [0, 0.1) is 0 Å². The van der Waals surface area contributed by atoms with Gasteiger partial charge in [-0.05, 0) is 94.0 Å². The molecule has 0 saturated carbocycles. The van der Waals surface area contributed by atoms with Gasteiger partial charge in [0.25, 0.3) is 0 Å².